The number of halogens is 1. The van der Waals surface area contributed by atoms with Crippen LogP contribution < -0.4 is 5.73 Å². The Hall–Kier alpha value is -2.96. The minimum atomic E-state index is -1.09. The molecule has 0 saturated carbocycles. The van der Waals surface area contributed by atoms with Crippen molar-refractivity contribution in [2.45, 2.75) is 12.0 Å². The van der Waals surface area contributed by atoms with Crippen LogP contribution in [0.2, 0.25) is 0 Å². The maximum Gasteiger partial charge on any atom is 0.335 e. The average molecular weight is 452 g/mol. The van der Waals surface area contributed by atoms with Crippen LogP contribution in [0.25, 0.3) is 11.1 Å². The Balaban J connectivity index is 1.55. The Morgan fingerprint density at radius 2 is 1.59 bits per heavy atom. The summed E-state index contributed by atoms with van der Waals surface area (Å²) >= 11 is 3.33. The zero-order valence-electron chi connectivity index (χ0n) is 15.3. The van der Waals surface area contributed by atoms with E-state index in [9.17, 15) is 14.7 Å². The number of nitrogens with two attached hydrogens (primary N) is 1. The predicted octanol–water partition coefficient (Wildman–Crippen LogP) is 4.50. The molecular formula is C23H18BrNO4. The first-order chi connectivity index (χ1) is 14.0. The fourth-order valence-corrected chi connectivity index (χ4v) is 4.23. The summed E-state index contributed by atoms with van der Waals surface area (Å²) in [4.78, 5) is 23.9. The molecule has 4 rings (SSSR count). The largest absolute Gasteiger partial charge is 0.478 e. The predicted molar refractivity (Wildman–Crippen MR) is 113 cm³/mol. The van der Waals surface area contributed by atoms with Crippen molar-refractivity contribution in [3.05, 3.63) is 93.5 Å². The number of aromatic carboxylic acids is 1. The average Bonchev–Trinajstić information content (AvgIpc) is 3.05. The Morgan fingerprint density at radius 3 is 2.17 bits per heavy atom. The molecule has 0 bridgehead atoms. The summed E-state index contributed by atoms with van der Waals surface area (Å²) in [6.07, 6.45) is 0. The van der Waals surface area contributed by atoms with E-state index in [1.807, 2.05) is 36.4 Å². The van der Waals surface area contributed by atoms with Crippen molar-refractivity contribution in [2.24, 2.45) is 5.73 Å². The fourth-order valence-electron chi connectivity index (χ4n) is 3.74. The molecule has 1 atom stereocenters. The lowest BCUT2D eigenvalue weighted by Gasteiger charge is -2.18. The van der Waals surface area contributed by atoms with Gasteiger partial charge in [-0.15, -0.1) is 0 Å². The van der Waals surface area contributed by atoms with Gasteiger partial charge in [-0.3, -0.25) is 0 Å². The Labute approximate surface area is 176 Å². The van der Waals surface area contributed by atoms with Crippen LogP contribution in [-0.2, 0) is 9.53 Å². The van der Waals surface area contributed by atoms with E-state index >= 15 is 0 Å². The molecule has 6 heteroatoms. The Bertz CT molecular complexity index is 1070. The van der Waals surface area contributed by atoms with E-state index in [1.165, 1.54) is 12.1 Å². The van der Waals surface area contributed by atoms with Crippen LogP contribution in [0.1, 0.15) is 39.0 Å². The third-order valence-corrected chi connectivity index (χ3v) is 5.91. The third kappa shape index (κ3) is 3.57. The third-order valence-electron chi connectivity index (χ3n) is 5.19. The van der Waals surface area contributed by atoms with Crippen LogP contribution >= 0.6 is 15.9 Å². The molecule has 0 saturated heterocycles. The highest BCUT2D eigenvalue weighted by Crippen LogP contribution is 2.44. The second-order valence-electron chi connectivity index (χ2n) is 6.88. The van der Waals surface area contributed by atoms with Gasteiger partial charge in [0.15, 0.2) is 0 Å². The van der Waals surface area contributed by atoms with E-state index in [-0.39, 0.29) is 18.1 Å². The molecule has 29 heavy (non-hydrogen) atoms. The summed E-state index contributed by atoms with van der Waals surface area (Å²) in [5.41, 5.74) is 11.0. The van der Waals surface area contributed by atoms with Crippen LogP contribution in [-0.4, -0.2) is 23.7 Å². The minimum absolute atomic E-state index is 0.0603. The number of carboxylic acids is 1. The van der Waals surface area contributed by atoms with Gasteiger partial charge in [-0.2, -0.15) is 0 Å². The van der Waals surface area contributed by atoms with Gasteiger partial charge < -0.3 is 15.6 Å². The summed E-state index contributed by atoms with van der Waals surface area (Å²) in [5.74, 6) is -1.75. The van der Waals surface area contributed by atoms with Crippen molar-refractivity contribution in [3.8, 4) is 11.1 Å². The molecule has 3 aromatic carbocycles. The van der Waals surface area contributed by atoms with Gasteiger partial charge in [0.1, 0.15) is 12.6 Å². The van der Waals surface area contributed by atoms with Crippen molar-refractivity contribution < 1.29 is 19.4 Å². The number of carbonyl (C=O) groups excluding carboxylic acids is 1. The van der Waals surface area contributed by atoms with Crippen molar-refractivity contribution in [2.75, 3.05) is 6.61 Å². The van der Waals surface area contributed by atoms with Crippen molar-refractivity contribution >= 4 is 27.9 Å². The fraction of sp³-hybridized carbons (Fsp3) is 0.130. The molecule has 0 aromatic heterocycles. The molecule has 146 valence electrons. The van der Waals surface area contributed by atoms with E-state index in [4.69, 9.17) is 10.5 Å². The summed E-state index contributed by atoms with van der Waals surface area (Å²) in [6, 6.07) is 19.5. The second kappa shape index (κ2) is 7.81. The highest BCUT2D eigenvalue weighted by molar-refractivity contribution is 9.10. The van der Waals surface area contributed by atoms with E-state index in [0.717, 1.165) is 22.3 Å². The number of hydrogen-bond acceptors (Lipinski definition) is 4. The summed E-state index contributed by atoms with van der Waals surface area (Å²) in [5, 5.41) is 9.18. The second-order valence-corrected chi connectivity index (χ2v) is 7.73. The molecule has 1 aliphatic carbocycles. The number of benzene rings is 3. The number of hydrogen-bond donors (Lipinski definition) is 2. The lowest BCUT2D eigenvalue weighted by Crippen LogP contribution is -2.26. The first-order valence-corrected chi connectivity index (χ1v) is 9.90. The number of ether oxygens (including phenoxy) is 1. The highest BCUT2D eigenvalue weighted by Gasteiger charge is 2.30. The van der Waals surface area contributed by atoms with Crippen LogP contribution in [0.3, 0.4) is 0 Å². The zero-order chi connectivity index (χ0) is 20.5. The SMILES string of the molecule is NC(C(=O)OCC1c2ccccc2-c2ccccc21)c1cc(C(=O)O)ccc1Br. The molecule has 1 aliphatic rings. The van der Waals surface area contributed by atoms with E-state index in [2.05, 4.69) is 28.1 Å². The Morgan fingerprint density at radius 1 is 1.00 bits per heavy atom. The first-order valence-electron chi connectivity index (χ1n) is 9.10. The van der Waals surface area contributed by atoms with Gasteiger partial charge in [0.25, 0.3) is 0 Å². The molecule has 3 N–H and O–H groups in total. The number of carboxylic acid groups (broad SMARTS) is 1. The summed E-state index contributed by atoms with van der Waals surface area (Å²) in [6.45, 7) is 0.163. The number of carbonyl (C=O) groups is 2. The molecule has 0 fully saturated rings. The highest BCUT2D eigenvalue weighted by atomic mass is 79.9. The maximum absolute atomic E-state index is 12.6. The van der Waals surface area contributed by atoms with Crippen LogP contribution in [0.4, 0.5) is 0 Å². The molecule has 5 nitrogen and oxygen atoms in total. The quantitative estimate of drug-likeness (QED) is 0.557. The Kier molecular flexibility index (Phi) is 5.22. The molecule has 0 spiro atoms. The monoisotopic (exact) mass is 451 g/mol. The van der Waals surface area contributed by atoms with E-state index < -0.39 is 18.0 Å². The lowest BCUT2D eigenvalue weighted by atomic mass is 9.98. The maximum atomic E-state index is 12.6. The molecule has 0 amide bonds. The van der Waals surface area contributed by atoms with Crippen LogP contribution in [0, 0.1) is 0 Å². The van der Waals surface area contributed by atoms with Gasteiger partial charge in [-0.05, 0) is 46.0 Å². The first kappa shape index (κ1) is 19.4. The molecule has 3 aromatic rings. The lowest BCUT2D eigenvalue weighted by molar-refractivity contribution is -0.145. The topological polar surface area (TPSA) is 89.6 Å². The van der Waals surface area contributed by atoms with Crippen LogP contribution in [0.5, 0.6) is 0 Å². The number of fused-ring (bicyclic) bond motifs is 3. The normalized spacial score (nSPS) is 13.4. The van der Waals surface area contributed by atoms with Crippen molar-refractivity contribution in [1.82, 2.24) is 0 Å². The molecule has 0 radical (unpaired) electrons. The van der Waals surface area contributed by atoms with Gasteiger partial charge >= 0.3 is 11.9 Å². The van der Waals surface area contributed by atoms with Crippen molar-refractivity contribution in [1.29, 1.82) is 0 Å². The smallest absolute Gasteiger partial charge is 0.335 e. The van der Waals surface area contributed by atoms with Crippen LogP contribution in [0.15, 0.2) is 71.2 Å². The van der Waals surface area contributed by atoms with Gasteiger partial charge in [-0.25, -0.2) is 9.59 Å². The summed E-state index contributed by atoms with van der Waals surface area (Å²) < 4.78 is 6.14. The molecule has 0 aliphatic heterocycles. The van der Waals surface area contributed by atoms with E-state index in [0.29, 0.717) is 10.0 Å². The van der Waals surface area contributed by atoms with Gasteiger partial charge in [0.05, 0.1) is 5.56 Å². The zero-order valence-corrected chi connectivity index (χ0v) is 16.9. The minimum Gasteiger partial charge on any atom is -0.478 e. The van der Waals surface area contributed by atoms with Gasteiger partial charge in [0.2, 0.25) is 0 Å². The standard InChI is InChI=1S/C23H18BrNO4/c24-20-10-9-13(22(26)27)11-18(20)21(25)23(28)29-12-19-16-7-3-1-5-14(16)15-6-2-4-8-17(15)19/h1-11,19,21H,12,25H2,(H,26,27). The van der Waals surface area contributed by atoms with Gasteiger partial charge in [0, 0.05) is 10.4 Å². The molecular weight excluding hydrogens is 434 g/mol. The van der Waals surface area contributed by atoms with E-state index in [1.54, 1.807) is 6.07 Å². The van der Waals surface area contributed by atoms with Crippen molar-refractivity contribution in [3.63, 3.8) is 0 Å². The van der Waals surface area contributed by atoms with Gasteiger partial charge in [-0.1, -0.05) is 64.5 Å². The molecule has 1 unspecified atom stereocenters. The number of rotatable bonds is 5. The molecule has 0 heterocycles. The summed E-state index contributed by atoms with van der Waals surface area (Å²) in [7, 11) is 0. The number of esters is 1.